The van der Waals surface area contributed by atoms with E-state index in [1.165, 1.54) is 0 Å². The highest BCUT2D eigenvalue weighted by Crippen LogP contribution is 2.28. The monoisotopic (exact) mass is 148 g/mol. The van der Waals surface area contributed by atoms with E-state index in [4.69, 9.17) is 14.6 Å². The van der Waals surface area contributed by atoms with Crippen molar-refractivity contribution >= 4 is 0 Å². The lowest BCUT2D eigenvalue weighted by Gasteiger charge is -2.08. The molecule has 2 aliphatic heterocycles. The van der Waals surface area contributed by atoms with Gasteiger partial charge >= 0.3 is 0 Å². The third-order valence-electron chi connectivity index (χ3n) is 1.97. The Balaban J connectivity index is 2.09. The Morgan fingerprint density at radius 1 is 1.20 bits per heavy atom. The van der Waals surface area contributed by atoms with Crippen molar-refractivity contribution in [1.29, 1.82) is 0 Å². The number of alkyl halides is 1. The molecule has 58 valence electrons. The first-order valence-electron chi connectivity index (χ1n) is 3.34. The lowest BCUT2D eigenvalue weighted by molar-refractivity contribution is 0.0154. The minimum Gasteiger partial charge on any atom is -0.388 e. The van der Waals surface area contributed by atoms with E-state index in [0.717, 1.165) is 0 Å². The first-order valence-corrected chi connectivity index (χ1v) is 3.34. The summed E-state index contributed by atoms with van der Waals surface area (Å²) in [6.07, 6.45) is -2.63. The van der Waals surface area contributed by atoms with Gasteiger partial charge in [0.2, 0.25) is 0 Å². The molecule has 2 rings (SSSR count). The van der Waals surface area contributed by atoms with Crippen molar-refractivity contribution < 1.29 is 19.0 Å². The molecule has 0 spiro atoms. The summed E-state index contributed by atoms with van der Waals surface area (Å²) in [5.41, 5.74) is 0. The Morgan fingerprint density at radius 3 is 2.60 bits per heavy atom. The molecule has 3 nitrogen and oxygen atoms in total. The van der Waals surface area contributed by atoms with Gasteiger partial charge in [-0.1, -0.05) is 0 Å². The molecule has 2 aliphatic rings. The van der Waals surface area contributed by atoms with Crippen molar-refractivity contribution in [3.63, 3.8) is 0 Å². The summed E-state index contributed by atoms with van der Waals surface area (Å²) in [6, 6.07) is 0. The van der Waals surface area contributed by atoms with Crippen molar-refractivity contribution in [3.8, 4) is 0 Å². The quantitative estimate of drug-likeness (QED) is 0.502. The lowest BCUT2D eigenvalue weighted by Crippen LogP contribution is -2.29. The Hall–Kier alpha value is -0.190. The fourth-order valence-electron chi connectivity index (χ4n) is 1.43. The fourth-order valence-corrected chi connectivity index (χ4v) is 1.43. The average Bonchev–Trinajstić information content (AvgIpc) is 2.41. The van der Waals surface area contributed by atoms with Crippen molar-refractivity contribution in [2.24, 2.45) is 0 Å². The summed E-state index contributed by atoms with van der Waals surface area (Å²) >= 11 is 0. The summed E-state index contributed by atoms with van der Waals surface area (Å²) in [5.74, 6) is 0. The highest BCUT2D eigenvalue weighted by molar-refractivity contribution is 4.94. The second kappa shape index (κ2) is 2.15. The van der Waals surface area contributed by atoms with Crippen molar-refractivity contribution in [2.45, 2.75) is 24.5 Å². The van der Waals surface area contributed by atoms with E-state index < -0.39 is 24.5 Å². The number of hydrogen-bond donors (Lipinski definition) is 1. The van der Waals surface area contributed by atoms with Crippen LogP contribution < -0.4 is 0 Å². The maximum atomic E-state index is 12.7. The molecule has 4 atom stereocenters. The molecule has 4 unspecified atom stereocenters. The van der Waals surface area contributed by atoms with E-state index in [9.17, 15) is 4.39 Å². The number of halogens is 1. The van der Waals surface area contributed by atoms with Gasteiger partial charge in [-0.25, -0.2) is 4.39 Å². The van der Waals surface area contributed by atoms with Crippen molar-refractivity contribution in [1.82, 2.24) is 0 Å². The average molecular weight is 148 g/mol. The number of rotatable bonds is 0. The Morgan fingerprint density at radius 2 is 1.90 bits per heavy atom. The Kier molecular flexibility index (Phi) is 1.40. The third kappa shape index (κ3) is 0.761. The normalized spacial score (nSPS) is 53.4. The maximum absolute atomic E-state index is 12.7. The van der Waals surface area contributed by atoms with E-state index in [-0.39, 0.29) is 13.2 Å². The summed E-state index contributed by atoms with van der Waals surface area (Å²) < 4.78 is 22.6. The molecule has 0 radical (unpaired) electrons. The molecular formula is C6H9FO3. The topological polar surface area (TPSA) is 38.7 Å². The van der Waals surface area contributed by atoms with E-state index >= 15 is 0 Å². The molecule has 0 aromatic rings. The zero-order valence-corrected chi connectivity index (χ0v) is 5.37. The highest BCUT2D eigenvalue weighted by Gasteiger charge is 2.47. The van der Waals surface area contributed by atoms with Crippen LogP contribution in [0.2, 0.25) is 0 Å². The Labute approximate surface area is 57.7 Å². The van der Waals surface area contributed by atoms with Gasteiger partial charge in [0, 0.05) is 0 Å². The second-order valence-electron chi connectivity index (χ2n) is 2.68. The predicted octanol–water partition coefficient (Wildman–Crippen LogP) is -0.517. The van der Waals surface area contributed by atoms with Crippen LogP contribution in [-0.4, -0.2) is 42.8 Å². The van der Waals surface area contributed by atoms with Crippen LogP contribution in [0.3, 0.4) is 0 Å². The number of ether oxygens (including phenoxy) is 2. The van der Waals surface area contributed by atoms with Crippen LogP contribution in [0.1, 0.15) is 0 Å². The third-order valence-corrected chi connectivity index (χ3v) is 1.97. The van der Waals surface area contributed by atoms with E-state index in [2.05, 4.69) is 0 Å². The van der Waals surface area contributed by atoms with Gasteiger partial charge in [-0.3, -0.25) is 0 Å². The number of fused-ring (bicyclic) bond motifs is 1. The zero-order chi connectivity index (χ0) is 7.14. The fraction of sp³-hybridized carbons (Fsp3) is 1.00. The molecular weight excluding hydrogens is 139 g/mol. The van der Waals surface area contributed by atoms with Gasteiger partial charge in [0.25, 0.3) is 0 Å². The molecule has 0 bridgehead atoms. The SMILES string of the molecule is OC1COC2C(F)COC12. The van der Waals surface area contributed by atoms with Crippen LogP contribution in [0.4, 0.5) is 4.39 Å². The zero-order valence-electron chi connectivity index (χ0n) is 5.37. The molecule has 2 saturated heterocycles. The van der Waals surface area contributed by atoms with E-state index in [1.54, 1.807) is 0 Å². The van der Waals surface area contributed by atoms with Crippen LogP contribution in [0, 0.1) is 0 Å². The molecule has 0 saturated carbocycles. The summed E-state index contributed by atoms with van der Waals surface area (Å²) in [7, 11) is 0. The Bertz CT molecular complexity index is 125. The number of hydrogen-bond acceptors (Lipinski definition) is 3. The van der Waals surface area contributed by atoms with Gasteiger partial charge in [0.05, 0.1) is 13.2 Å². The van der Waals surface area contributed by atoms with E-state index in [1.807, 2.05) is 0 Å². The van der Waals surface area contributed by atoms with Gasteiger partial charge < -0.3 is 14.6 Å². The minimum absolute atomic E-state index is 0.0619. The van der Waals surface area contributed by atoms with Crippen LogP contribution in [0.15, 0.2) is 0 Å². The van der Waals surface area contributed by atoms with Crippen LogP contribution in [0.5, 0.6) is 0 Å². The smallest absolute Gasteiger partial charge is 0.152 e. The molecule has 2 heterocycles. The van der Waals surface area contributed by atoms with Crippen LogP contribution in [0.25, 0.3) is 0 Å². The van der Waals surface area contributed by atoms with Gasteiger partial charge in [0.15, 0.2) is 6.17 Å². The highest BCUT2D eigenvalue weighted by atomic mass is 19.1. The van der Waals surface area contributed by atoms with Crippen LogP contribution in [-0.2, 0) is 9.47 Å². The van der Waals surface area contributed by atoms with Crippen LogP contribution >= 0.6 is 0 Å². The van der Waals surface area contributed by atoms with Gasteiger partial charge in [0.1, 0.15) is 18.3 Å². The first-order chi connectivity index (χ1) is 4.79. The minimum atomic E-state index is -1.05. The first kappa shape index (κ1) is 6.52. The van der Waals surface area contributed by atoms with Gasteiger partial charge in [-0.2, -0.15) is 0 Å². The summed E-state index contributed by atoms with van der Waals surface area (Å²) in [6.45, 7) is 0.266. The van der Waals surface area contributed by atoms with Crippen molar-refractivity contribution in [3.05, 3.63) is 0 Å². The molecule has 10 heavy (non-hydrogen) atoms. The molecule has 4 heteroatoms. The largest absolute Gasteiger partial charge is 0.388 e. The molecule has 0 aromatic carbocycles. The lowest BCUT2D eigenvalue weighted by atomic mass is 10.1. The summed E-state index contributed by atoms with van der Waals surface area (Å²) in [4.78, 5) is 0. The van der Waals surface area contributed by atoms with E-state index in [0.29, 0.717) is 0 Å². The molecule has 0 amide bonds. The number of aliphatic hydroxyl groups is 1. The summed E-state index contributed by atoms with van der Waals surface area (Å²) in [5, 5.41) is 9.10. The van der Waals surface area contributed by atoms with Gasteiger partial charge in [-0.15, -0.1) is 0 Å². The molecule has 2 fully saturated rings. The molecule has 0 aliphatic carbocycles. The predicted molar refractivity (Wildman–Crippen MR) is 30.4 cm³/mol. The standard InChI is InChI=1S/C6H9FO3/c7-3-1-9-6-4(8)2-10-5(3)6/h3-6,8H,1-2H2. The van der Waals surface area contributed by atoms with Crippen molar-refractivity contribution in [2.75, 3.05) is 13.2 Å². The molecule has 1 N–H and O–H groups in total. The van der Waals surface area contributed by atoms with Gasteiger partial charge in [-0.05, 0) is 0 Å². The number of aliphatic hydroxyl groups excluding tert-OH is 1. The maximum Gasteiger partial charge on any atom is 0.152 e. The molecule has 0 aromatic heterocycles. The second-order valence-corrected chi connectivity index (χ2v) is 2.68.